The van der Waals surface area contributed by atoms with E-state index in [-0.39, 0.29) is 0 Å². The van der Waals surface area contributed by atoms with Gasteiger partial charge >= 0.3 is 0 Å². The Hall–Kier alpha value is -3.32. The lowest BCUT2D eigenvalue weighted by molar-refractivity contribution is 0.318. The molecule has 0 bridgehead atoms. The number of hydrogen-bond acceptors (Lipinski definition) is 4. The first-order valence-corrected chi connectivity index (χ1v) is 8.82. The second-order valence-corrected chi connectivity index (χ2v) is 6.26. The van der Waals surface area contributed by atoms with Crippen LogP contribution in [0.2, 0.25) is 0 Å². The number of nitrogens with zero attached hydrogens (tertiary/aromatic N) is 2. The van der Waals surface area contributed by atoms with Crippen LogP contribution < -0.4 is 10.1 Å². The Morgan fingerprint density at radius 2 is 1.93 bits per heavy atom. The molecule has 0 aliphatic heterocycles. The maximum atomic E-state index is 13.9. The minimum atomic E-state index is -0.647. The molecule has 5 nitrogen and oxygen atoms in total. The summed E-state index contributed by atoms with van der Waals surface area (Å²) < 4.78 is 33.7. The number of H-pyrrole nitrogens is 1. The van der Waals surface area contributed by atoms with Crippen LogP contribution in [0.25, 0.3) is 33.4 Å². The summed E-state index contributed by atoms with van der Waals surface area (Å²) in [4.78, 5) is 11.9. The van der Waals surface area contributed by atoms with Crippen LogP contribution in [0, 0.1) is 11.6 Å². The molecule has 0 saturated carbocycles. The van der Waals surface area contributed by atoms with E-state index in [1.54, 1.807) is 30.7 Å². The molecule has 2 N–H and O–H groups in total. The summed E-state index contributed by atoms with van der Waals surface area (Å²) in [6.45, 7) is 1.13. The number of nitrogens with one attached hydrogen (secondary N) is 2. The van der Waals surface area contributed by atoms with Crippen LogP contribution in [0.5, 0.6) is 5.75 Å². The highest BCUT2D eigenvalue weighted by Crippen LogP contribution is 2.40. The van der Waals surface area contributed by atoms with E-state index in [9.17, 15) is 8.78 Å². The SMILES string of the molecule is CNCCOc1cnccc1-c1[nH]c2cccnc2c1-c1cc(F)cc(F)c1. The van der Waals surface area contributed by atoms with Crippen LogP contribution >= 0.6 is 0 Å². The van der Waals surface area contributed by atoms with Gasteiger partial charge in [-0.3, -0.25) is 9.97 Å². The van der Waals surface area contributed by atoms with Gasteiger partial charge in [0.2, 0.25) is 0 Å². The monoisotopic (exact) mass is 380 g/mol. The molecule has 0 aliphatic carbocycles. The molecule has 3 aromatic heterocycles. The van der Waals surface area contributed by atoms with Gasteiger partial charge in [0.05, 0.1) is 22.9 Å². The van der Waals surface area contributed by atoms with Gasteiger partial charge in [-0.25, -0.2) is 8.78 Å². The van der Waals surface area contributed by atoms with Crippen molar-refractivity contribution in [3.8, 4) is 28.1 Å². The van der Waals surface area contributed by atoms with Crippen LogP contribution in [0.15, 0.2) is 55.0 Å². The number of pyridine rings is 2. The number of likely N-dealkylation sites (N-methyl/N-ethyl adjacent to an activating group) is 1. The molecule has 0 unspecified atom stereocenters. The lowest BCUT2D eigenvalue weighted by atomic mass is 10.00. The second-order valence-electron chi connectivity index (χ2n) is 6.26. The second kappa shape index (κ2) is 7.74. The topological polar surface area (TPSA) is 62.8 Å². The van der Waals surface area contributed by atoms with Gasteiger partial charge in [0.15, 0.2) is 0 Å². The summed E-state index contributed by atoms with van der Waals surface area (Å²) in [5.74, 6) is -0.722. The average molecular weight is 380 g/mol. The van der Waals surface area contributed by atoms with E-state index in [2.05, 4.69) is 20.3 Å². The summed E-state index contributed by atoms with van der Waals surface area (Å²) >= 11 is 0. The van der Waals surface area contributed by atoms with Crippen molar-refractivity contribution in [1.29, 1.82) is 0 Å². The fourth-order valence-electron chi connectivity index (χ4n) is 3.17. The summed E-state index contributed by atoms with van der Waals surface area (Å²) in [7, 11) is 1.84. The van der Waals surface area contributed by atoms with Gasteiger partial charge in [0, 0.05) is 36.1 Å². The number of aromatic amines is 1. The van der Waals surface area contributed by atoms with Gasteiger partial charge < -0.3 is 15.0 Å². The number of fused-ring (bicyclic) bond motifs is 1. The van der Waals surface area contributed by atoms with Gasteiger partial charge in [-0.15, -0.1) is 0 Å². The molecule has 4 aromatic rings. The zero-order valence-corrected chi connectivity index (χ0v) is 15.2. The molecule has 28 heavy (non-hydrogen) atoms. The predicted molar refractivity (Wildman–Crippen MR) is 104 cm³/mol. The first-order valence-electron chi connectivity index (χ1n) is 8.82. The van der Waals surface area contributed by atoms with Crippen molar-refractivity contribution < 1.29 is 13.5 Å². The molecule has 4 rings (SSSR count). The Bertz CT molecular complexity index is 1110. The summed E-state index contributed by atoms with van der Waals surface area (Å²) in [5, 5.41) is 3.02. The fraction of sp³-hybridized carbons (Fsp3) is 0.143. The maximum absolute atomic E-state index is 13.9. The smallest absolute Gasteiger partial charge is 0.146 e. The normalized spacial score (nSPS) is 11.1. The number of ether oxygens (including phenoxy) is 1. The zero-order valence-electron chi connectivity index (χ0n) is 15.2. The Labute approximate surface area is 160 Å². The highest BCUT2D eigenvalue weighted by molar-refractivity contribution is 6.02. The van der Waals surface area contributed by atoms with Gasteiger partial charge in [-0.2, -0.15) is 0 Å². The highest BCUT2D eigenvalue weighted by atomic mass is 19.1. The highest BCUT2D eigenvalue weighted by Gasteiger charge is 2.20. The van der Waals surface area contributed by atoms with Crippen molar-refractivity contribution in [3.05, 3.63) is 66.6 Å². The maximum Gasteiger partial charge on any atom is 0.146 e. The molecule has 1 aromatic carbocycles. The van der Waals surface area contributed by atoms with Gasteiger partial charge in [0.1, 0.15) is 24.0 Å². The fourth-order valence-corrected chi connectivity index (χ4v) is 3.17. The number of aromatic nitrogens is 3. The third kappa shape index (κ3) is 3.44. The van der Waals surface area contributed by atoms with E-state index in [4.69, 9.17) is 4.74 Å². The van der Waals surface area contributed by atoms with Gasteiger partial charge in [-0.05, 0) is 42.9 Å². The van der Waals surface area contributed by atoms with Crippen molar-refractivity contribution in [2.75, 3.05) is 20.2 Å². The summed E-state index contributed by atoms with van der Waals surface area (Å²) in [5.41, 5.74) is 3.80. The summed E-state index contributed by atoms with van der Waals surface area (Å²) in [6, 6.07) is 8.92. The van der Waals surface area contributed by atoms with E-state index in [1.165, 1.54) is 12.1 Å². The van der Waals surface area contributed by atoms with E-state index in [0.717, 1.165) is 17.1 Å². The van der Waals surface area contributed by atoms with Crippen LogP contribution in [0.1, 0.15) is 0 Å². The molecular formula is C21H18F2N4O. The molecular weight excluding hydrogens is 362 g/mol. The molecule has 7 heteroatoms. The van der Waals surface area contributed by atoms with Crippen molar-refractivity contribution in [1.82, 2.24) is 20.3 Å². The van der Waals surface area contributed by atoms with E-state index < -0.39 is 11.6 Å². The molecule has 0 spiro atoms. The van der Waals surface area contributed by atoms with E-state index in [0.29, 0.717) is 41.2 Å². The van der Waals surface area contributed by atoms with Crippen molar-refractivity contribution in [3.63, 3.8) is 0 Å². The molecule has 0 saturated heterocycles. The Balaban J connectivity index is 1.94. The molecule has 0 aliphatic rings. The number of rotatable bonds is 6. The van der Waals surface area contributed by atoms with Crippen LogP contribution in [-0.4, -0.2) is 35.2 Å². The van der Waals surface area contributed by atoms with Crippen molar-refractivity contribution >= 4 is 11.0 Å². The average Bonchev–Trinajstić information content (AvgIpc) is 3.07. The lowest BCUT2D eigenvalue weighted by Crippen LogP contribution is -2.16. The first kappa shape index (κ1) is 18.1. The first-order chi connectivity index (χ1) is 13.7. The van der Waals surface area contributed by atoms with E-state index >= 15 is 0 Å². The third-order valence-electron chi connectivity index (χ3n) is 4.37. The Morgan fingerprint density at radius 1 is 1.11 bits per heavy atom. The Kier molecular flexibility index (Phi) is 4.99. The number of hydrogen-bond donors (Lipinski definition) is 2. The predicted octanol–water partition coefficient (Wildman–Crippen LogP) is 4.17. The van der Waals surface area contributed by atoms with Crippen LogP contribution in [0.4, 0.5) is 8.78 Å². The molecule has 0 amide bonds. The summed E-state index contributed by atoms with van der Waals surface area (Å²) in [6.07, 6.45) is 4.92. The largest absolute Gasteiger partial charge is 0.490 e. The molecule has 0 atom stereocenters. The Morgan fingerprint density at radius 3 is 2.71 bits per heavy atom. The lowest BCUT2D eigenvalue weighted by Gasteiger charge is -2.12. The molecule has 0 radical (unpaired) electrons. The minimum Gasteiger partial charge on any atom is -0.490 e. The minimum absolute atomic E-state index is 0.399. The number of benzene rings is 1. The molecule has 0 fully saturated rings. The third-order valence-corrected chi connectivity index (χ3v) is 4.37. The van der Waals surface area contributed by atoms with Crippen LogP contribution in [-0.2, 0) is 0 Å². The van der Waals surface area contributed by atoms with Gasteiger partial charge in [0.25, 0.3) is 0 Å². The zero-order chi connectivity index (χ0) is 19.5. The molecule has 142 valence electrons. The quantitative estimate of drug-likeness (QED) is 0.493. The van der Waals surface area contributed by atoms with E-state index in [1.807, 2.05) is 13.1 Å². The standard InChI is InChI=1S/C21H18F2N4O/c1-24-7-8-28-18-12-25-6-4-16(18)20-19(13-9-14(22)11-15(23)10-13)21-17(27-20)3-2-5-26-21/h2-6,9-12,24,27H,7-8H2,1H3. The van der Waals surface area contributed by atoms with Crippen molar-refractivity contribution in [2.24, 2.45) is 0 Å². The van der Waals surface area contributed by atoms with Gasteiger partial charge in [-0.1, -0.05) is 0 Å². The molecule has 3 heterocycles. The van der Waals surface area contributed by atoms with Crippen molar-refractivity contribution in [2.45, 2.75) is 0 Å². The van der Waals surface area contributed by atoms with Crippen LogP contribution in [0.3, 0.4) is 0 Å². The number of halogens is 2.